The van der Waals surface area contributed by atoms with Crippen molar-refractivity contribution in [3.05, 3.63) is 90.5 Å². The van der Waals surface area contributed by atoms with Gasteiger partial charge in [-0.25, -0.2) is 9.59 Å². The van der Waals surface area contributed by atoms with Crippen molar-refractivity contribution in [2.45, 2.75) is 19.8 Å². The highest BCUT2D eigenvalue weighted by Gasteiger charge is 2.35. The van der Waals surface area contributed by atoms with Gasteiger partial charge in [0.05, 0.1) is 17.0 Å². The molecular weight excluding hydrogens is 344 g/mol. The van der Waals surface area contributed by atoms with Crippen molar-refractivity contribution in [2.24, 2.45) is 0 Å². The summed E-state index contributed by atoms with van der Waals surface area (Å²) in [6.07, 6.45) is 0. The lowest BCUT2D eigenvalue weighted by atomic mass is 9.84. The predicted molar refractivity (Wildman–Crippen MR) is 91.9 cm³/mol. The number of hydrogen-bond donors (Lipinski definition) is 0. The van der Waals surface area contributed by atoms with Crippen LogP contribution in [0.25, 0.3) is 0 Å². The van der Waals surface area contributed by atoms with E-state index in [0.29, 0.717) is 28.0 Å². The summed E-state index contributed by atoms with van der Waals surface area (Å²) in [5.74, 6) is 0.977. The number of benzene rings is 1. The monoisotopic (exact) mass is 356 g/mol. The van der Waals surface area contributed by atoms with Gasteiger partial charge < -0.3 is 13.6 Å². The highest BCUT2D eigenvalue weighted by Crippen LogP contribution is 2.44. The molecule has 0 saturated heterocycles. The zero-order valence-corrected chi connectivity index (χ0v) is 14.2. The summed E-state index contributed by atoms with van der Waals surface area (Å²) in [4.78, 5) is 25.0. The van der Waals surface area contributed by atoms with Crippen LogP contribution in [0, 0.1) is 13.8 Å². The Bertz CT molecular complexity index is 1030. The highest BCUT2D eigenvalue weighted by atomic mass is 35.5. The van der Waals surface area contributed by atoms with Crippen molar-refractivity contribution in [3.8, 4) is 11.5 Å². The van der Waals surface area contributed by atoms with E-state index in [1.54, 1.807) is 50.2 Å². The molecule has 1 aliphatic rings. The van der Waals surface area contributed by atoms with Gasteiger partial charge >= 0.3 is 11.3 Å². The van der Waals surface area contributed by atoms with Crippen LogP contribution in [0.5, 0.6) is 11.5 Å². The molecule has 0 bridgehead atoms. The Balaban J connectivity index is 2.07. The molecule has 0 fully saturated rings. The van der Waals surface area contributed by atoms with Crippen molar-refractivity contribution in [2.75, 3.05) is 0 Å². The Morgan fingerprint density at radius 2 is 1.32 bits per heavy atom. The first-order chi connectivity index (χ1) is 11.9. The maximum Gasteiger partial charge on any atom is 0.343 e. The molecule has 0 spiro atoms. The maximum absolute atomic E-state index is 12.5. The van der Waals surface area contributed by atoms with E-state index < -0.39 is 17.2 Å². The number of hydrogen-bond acceptors (Lipinski definition) is 5. The second-order valence-corrected chi connectivity index (χ2v) is 6.37. The normalized spacial score (nSPS) is 13.1. The third-order valence-corrected chi connectivity index (χ3v) is 4.40. The van der Waals surface area contributed by atoms with E-state index in [9.17, 15) is 9.59 Å². The molecular formula is C19H13ClO5. The Labute approximate surface area is 147 Å². The molecule has 1 aliphatic heterocycles. The molecule has 4 rings (SSSR count). The van der Waals surface area contributed by atoms with Crippen molar-refractivity contribution >= 4 is 11.6 Å². The Morgan fingerprint density at radius 3 is 1.80 bits per heavy atom. The number of aryl methyl sites for hydroxylation is 2. The SMILES string of the molecule is Cc1cc2c(c(=O)o1)C(c1ccc(Cl)cc1)c1c(cc(C)oc1=O)O2. The third-order valence-electron chi connectivity index (χ3n) is 4.15. The molecule has 5 nitrogen and oxygen atoms in total. The third kappa shape index (κ3) is 2.57. The standard InChI is InChI=1S/C19H13ClO5/c1-9-7-13-16(18(21)23-9)15(11-3-5-12(20)6-4-11)17-14(25-13)8-10(2)24-19(17)22/h3-8,15H,1-2H3. The predicted octanol–water partition coefficient (Wildman–Crippen LogP) is 4.15. The summed E-state index contributed by atoms with van der Waals surface area (Å²) >= 11 is 5.97. The smallest absolute Gasteiger partial charge is 0.343 e. The molecule has 25 heavy (non-hydrogen) atoms. The van der Waals surface area contributed by atoms with E-state index in [0.717, 1.165) is 5.56 Å². The number of ether oxygens (including phenoxy) is 1. The second-order valence-electron chi connectivity index (χ2n) is 5.93. The van der Waals surface area contributed by atoms with Crippen LogP contribution in [-0.2, 0) is 0 Å². The lowest BCUT2D eigenvalue weighted by Crippen LogP contribution is -2.26. The van der Waals surface area contributed by atoms with Gasteiger partial charge in [-0.2, -0.15) is 0 Å². The van der Waals surface area contributed by atoms with Gasteiger partial charge in [0.1, 0.15) is 23.0 Å². The summed E-state index contributed by atoms with van der Waals surface area (Å²) < 4.78 is 16.3. The molecule has 3 heterocycles. The molecule has 0 amide bonds. The van der Waals surface area contributed by atoms with Gasteiger partial charge in [-0.15, -0.1) is 0 Å². The lowest BCUT2D eigenvalue weighted by Gasteiger charge is -2.26. The van der Waals surface area contributed by atoms with Crippen LogP contribution in [0.1, 0.15) is 34.1 Å². The summed E-state index contributed by atoms with van der Waals surface area (Å²) in [5, 5.41) is 0.558. The molecule has 0 N–H and O–H groups in total. The summed E-state index contributed by atoms with van der Waals surface area (Å²) in [7, 11) is 0. The summed E-state index contributed by atoms with van der Waals surface area (Å²) in [6.45, 7) is 3.34. The minimum Gasteiger partial charge on any atom is -0.456 e. The Hall–Kier alpha value is -2.79. The van der Waals surface area contributed by atoms with Gasteiger partial charge in [-0.3, -0.25) is 0 Å². The maximum atomic E-state index is 12.5. The molecule has 3 aromatic rings. The first-order valence-electron chi connectivity index (χ1n) is 7.66. The average molecular weight is 357 g/mol. The molecule has 0 saturated carbocycles. The zero-order chi connectivity index (χ0) is 17.7. The van der Waals surface area contributed by atoms with Gasteiger partial charge in [0.25, 0.3) is 0 Å². The van der Waals surface area contributed by atoms with E-state index in [2.05, 4.69) is 0 Å². The summed E-state index contributed by atoms with van der Waals surface area (Å²) in [5.41, 5.74) is 0.191. The van der Waals surface area contributed by atoms with Crippen LogP contribution in [0.15, 0.2) is 54.8 Å². The van der Waals surface area contributed by atoms with E-state index >= 15 is 0 Å². The van der Waals surface area contributed by atoms with Crippen LogP contribution in [0.3, 0.4) is 0 Å². The van der Waals surface area contributed by atoms with Crippen LogP contribution in [0.4, 0.5) is 0 Å². The van der Waals surface area contributed by atoms with Gasteiger partial charge in [0.2, 0.25) is 0 Å². The van der Waals surface area contributed by atoms with Crippen molar-refractivity contribution in [1.29, 1.82) is 0 Å². The first kappa shape index (κ1) is 15.7. The van der Waals surface area contributed by atoms with Gasteiger partial charge in [-0.05, 0) is 31.5 Å². The highest BCUT2D eigenvalue weighted by molar-refractivity contribution is 6.30. The molecule has 0 radical (unpaired) electrons. The van der Waals surface area contributed by atoms with E-state index in [4.69, 9.17) is 25.2 Å². The molecule has 2 aromatic heterocycles. The number of halogens is 1. The lowest BCUT2D eigenvalue weighted by molar-refractivity contribution is 0.389. The Kier molecular flexibility index (Phi) is 3.54. The molecule has 126 valence electrons. The molecule has 0 unspecified atom stereocenters. The van der Waals surface area contributed by atoms with E-state index in [1.807, 2.05) is 0 Å². The van der Waals surface area contributed by atoms with Crippen molar-refractivity contribution in [3.63, 3.8) is 0 Å². The van der Waals surface area contributed by atoms with Gasteiger partial charge in [-0.1, -0.05) is 23.7 Å². The zero-order valence-electron chi connectivity index (χ0n) is 13.5. The number of fused-ring (bicyclic) bond motifs is 2. The van der Waals surface area contributed by atoms with Crippen LogP contribution < -0.4 is 16.0 Å². The quantitative estimate of drug-likeness (QED) is 0.512. The van der Waals surface area contributed by atoms with Gasteiger partial charge in [0.15, 0.2) is 0 Å². The van der Waals surface area contributed by atoms with E-state index in [1.165, 1.54) is 0 Å². The minimum absolute atomic E-state index is 0.275. The van der Waals surface area contributed by atoms with E-state index in [-0.39, 0.29) is 11.1 Å². The van der Waals surface area contributed by atoms with Crippen molar-refractivity contribution in [1.82, 2.24) is 0 Å². The average Bonchev–Trinajstić information content (AvgIpc) is 2.53. The Morgan fingerprint density at radius 1 is 0.840 bits per heavy atom. The molecule has 6 heteroatoms. The minimum atomic E-state index is -0.648. The summed E-state index contributed by atoms with van der Waals surface area (Å²) in [6, 6.07) is 10.2. The topological polar surface area (TPSA) is 69.7 Å². The largest absolute Gasteiger partial charge is 0.456 e. The van der Waals surface area contributed by atoms with Crippen LogP contribution >= 0.6 is 11.6 Å². The molecule has 0 atom stereocenters. The second kappa shape index (κ2) is 5.63. The fourth-order valence-corrected chi connectivity index (χ4v) is 3.25. The van der Waals surface area contributed by atoms with Gasteiger partial charge in [0, 0.05) is 17.2 Å². The fraction of sp³-hybridized carbons (Fsp3) is 0.158. The number of rotatable bonds is 1. The van der Waals surface area contributed by atoms with Crippen LogP contribution in [-0.4, -0.2) is 0 Å². The fourth-order valence-electron chi connectivity index (χ4n) is 3.13. The molecule has 0 aliphatic carbocycles. The molecule has 1 aromatic carbocycles. The van der Waals surface area contributed by atoms with Crippen LogP contribution in [0.2, 0.25) is 5.02 Å². The van der Waals surface area contributed by atoms with Crippen molar-refractivity contribution < 1.29 is 13.6 Å². The first-order valence-corrected chi connectivity index (χ1v) is 8.04.